The molecule has 0 radical (unpaired) electrons. The monoisotopic (exact) mass is 291 g/mol. The summed E-state index contributed by atoms with van der Waals surface area (Å²) in [4.78, 5) is 0. The molecule has 1 N–H and O–H groups in total. The molecule has 0 bridgehead atoms. The molecule has 3 rings (SSSR count). The van der Waals surface area contributed by atoms with Crippen LogP contribution in [0.2, 0.25) is 5.22 Å². The number of hydrogen-bond acceptors (Lipinski definition) is 2. The summed E-state index contributed by atoms with van der Waals surface area (Å²) in [6.45, 7) is 5.51. The van der Waals surface area contributed by atoms with Gasteiger partial charge in [0.1, 0.15) is 5.58 Å². The van der Waals surface area contributed by atoms with E-state index in [4.69, 9.17) is 16.0 Å². The zero-order valence-electron chi connectivity index (χ0n) is 12.2. The quantitative estimate of drug-likeness (QED) is 0.846. The molecular weight excluding hydrogens is 270 g/mol. The Morgan fingerprint density at radius 2 is 2.15 bits per heavy atom. The van der Waals surface area contributed by atoms with Crippen molar-refractivity contribution in [1.82, 2.24) is 5.32 Å². The van der Waals surface area contributed by atoms with Crippen LogP contribution in [0.15, 0.2) is 28.7 Å². The molecule has 1 aliphatic carbocycles. The summed E-state index contributed by atoms with van der Waals surface area (Å²) >= 11 is 6.23. The number of furan rings is 1. The summed E-state index contributed by atoms with van der Waals surface area (Å²) in [5.74, 6) is 0. The smallest absolute Gasteiger partial charge is 0.199 e. The molecule has 1 heterocycles. The maximum Gasteiger partial charge on any atom is 0.199 e. The summed E-state index contributed by atoms with van der Waals surface area (Å²) in [5.41, 5.74) is 2.42. The van der Waals surface area contributed by atoms with Gasteiger partial charge in [-0.1, -0.05) is 38.5 Å². The van der Waals surface area contributed by atoms with Crippen LogP contribution in [0.3, 0.4) is 0 Å². The van der Waals surface area contributed by atoms with Gasteiger partial charge in [-0.25, -0.2) is 0 Å². The molecule has 1 aliphatic rings. The number of nitrogens with one attached hydrogen (secondary N) is 1. The fourth-order valence-electron chi connectivity index (χ4n) is 3.35. The summed E-state index contributed by atoms with van der Waals surface area (Å²) in [7, 11) is 0. The van der Waals surface area contributed by atoms with E-state index in [0.29, 0.717) is 16.7 Å². The minimum atomic E-state index is 0.457. The van der Waals surface area contributed by atoms with Crippen molar-refractivity contribution in [2.45, 2.75) is 52.1 Å². The lowest BCUT2D eigenvalue weighted by Crippen LogP contribution is -2.36. The van der Waals surface area contributed by atoms with E-state index in [1.54, 1.807) is 0 Å². The lowest BCUT2D eigenvalue weighted by atomic mass is 9.75. The number of benzene rings is 1. The Labute approximate surface area is 125 Å². The van der Waals surface area contributed by atoms with Crippen molar-refractivity contribution in [2.24, 2.45) is 5.41 Å². The second-order valence-corrected chi connectivity index (χ2v) is 7.03. The third-order valence-electron chi connectivity index (χ3n) is 4.42. The first-order valence-corrected chi connectivity index (χ1v) is 7.82. The molecule has 1 aromatic carbocycles. The number of para-hydroxylation sites is 1. The van der Waals surface area contributed by atoms with Gasteiger partial charge in [0.15, 0.2) is 5.22 Å². The van der Waals surface area contributed by atoms with Crippen LogP contribution in [0.5, 0.6) is 0 Å². The fraction of sp³-hybridized carbons (Fsp3) is 0.529. The summed E-state index contributed by atoms with van der Waals surface area (Å²) in [6, 6.07) is 8.63. The van der Waals surface area contributed by atoms with Gasteiger partial charge in [0.25, 0.3) is 0 Å². The largest absolute Gasteiger partial charge is 0.444 e. The highest BCUT2D eigenvalue weighted by molar-refractivity contribution is 6.30. The first-order valence-electron chi connectivity index (χ1n) is 7.44. The lowest BCUT2D eigenvalue weighted by Gasteiger charge is -2.35. The zero-order chi connectivity index (χ0) is 14.2. The van der Waals surface area contributed by atoms with Crippen LogP contribution in [0.4, 0.5) is 0 Å². The predicted octanol–water partition coefficient (Wildman–Crippen LogP) is 5.14. The number of rotatable bonds is 3. The average molecular weight is 292 g/mol. The molecule has 1 atom stereocenters. The standard InChI is InChI=1S/C17H22ClNO/c1-17(2)9-5-6-12(10-17)19-11-14-13-7-3-4-8-15(13)20-16(14)18/h3-4,7-8,12,19H,5-6,9-11H2,1-2H3. The van der Waals surface area contributed by atoms with Gasteiger partial charge in [0.2, 0.25) is 0 Å². The fourth-order valence-corrected chi connectivity index (χ4v) is 3.60. The zero-order valence-corrected chi connectivity index (χ0v) is 13.0. The molecule has 3 heteroatoms. The van der Waals surface area contributed by atoms with Crippen molar-refractivity contribution in [3.8, 4) is 0 Å². The second-order valence-electron chi connectivity index (χ2n) is 6.69. The van der Waals surface area contributed by atoms with Crippen LogP contribution in [0.25, 0.3) is 11.0 Å². The Hall–Kier alpha value is -0.990. The Morgan fingerprint density at radius 1 is 1.35 bits per heavy atom. The van der Waals surface area contributed by atoms with Crippen molar-refractivity contribution in [2.75, 3.05) is 0 Å². The molecular formula is C17H22ClNO. The molecule has 0 amide bonds. The van der Waals surface area contributed by atoms with E-state index in [0.717, 1.165) is 23.1 Å². The first-order chi connectivity index (χ1) is 9.55. The summed E-state index contributed by atoms with van der Waals surface area (Å²) in [5, 5.41) is 5.32. The Bertz CT molecular complexity index is 602. The molecule has 0 aliphatic heterocycles. The van der Waals surface area contributed by atoms with E-state index >= 15 is 0 Å². The third-order valence-corrected chi connectivity index (χ3v) is 4.73. The second kappa shape index (κ2) is 5.42. The molecule has 1 fully saturated rings. The normalized spacial score (nSPS) is 22.2. The highest BCUT2D eigenvalue weighted by atomic mass is 35.5. The van der Waals surface area contributed by atoms with Crippen LogP contribution < -0.4 is 5.32 Å². The first kappa shape index (κ1) is 14.0. The maximum absolute atomic E-state index is 6.23. The van der Waals surface area contributed by atoms with E-state index in [1.807, 2.05) is 18.2 Å². The molecule has 108 valence electrons. The number of halogens is 1. The van der Waals surface area contributed by atoms with Gasteiger partial charge in [-0.2, -0.15) is 0 Å². The topological polar surface area (TPSA) is 25.2 Å². The summed E-state index contributed by atoms with van der Waals surface area (Å²) in [6.07, 6.45) is 5.14. The molecule has 1 aromatic heterocycles. The van der Waals surface area contributed by atoms with E-state index in [2.05, 4.69) is 25.2 Å². The van der Waals surface area contributed by atoms with E-state index in [-0.39, 0.29) is 0 Å². The van der Waals surface area contributed by atoms with E-state index in [1.165, 1.54) is 25.7 Å². The molecule has 2 aromatic rings. The SMILES string of the molecule is CC1(C)CCCC(NCc2c(Cl)oc3ccccc23)C1. The van der Waals surface area contributed by atoms with Crippen LogP contribution in [-0.2, 0) is 6.54 Å². The van der Waals surface area contributed by atoms with Crippen LogP contribution in [-0.4, -0.2) is 6.04 Å². The van der Waals surface area contributed by atoms with Crippen molar-refractivity contribution >= 4 is 22.6 Å². The Balaban J connectivity index is 1.72. The highest BCUT2D eigenvalue weighted by Gasteiger charge is 2.27. The van der Waals surface area contributed by atoms with E-state index in [9.17, 15) is 0 Å². The van der Waals surface area contributed by atoms with E-state index < -0.39 is 0 Å². The number of hydrogen-bond donors (Lipinski definition) is 1. The van der Waals surface area contributed by atoms with Crippen molar-refractivity contribution in [1.29, 1.82) is 0 Å². The Morgan fingerprint density at radius 3 is 2.95 bits per heavy atom. The molecule has 20 heavy (non-hydrogen) atoms. The molecule has 1 saturated carbocycles. The van der Waals surface area contributed by atoms with Crippen LogP contribution in [0.1, 0.15) is 45.1 Å². The van der Waals surface area contributed by atoms with Gasteiger partial charge in [0.05, 0.1) is 0 Å². The predicted molar refractivity (Wildman–Crippen MR) is 84.1 cm³/mol. The third kappa shape index (κ3) is 2.87. The molecule has 0 saturated heterocycles. The molecule has 0 spiro atoms. The highest BCUT2D eigenvalue weighted by Crippen LogP contribution is 2.36. The maximum atomic E-state index is 6.23. The molecule has 1 unspecified atom stereocenters. The summed E-state index contributed by atoms with van der Waals surface area (Å²) < 4.78 is 5.61. The van der Waals surface area contributed by atoms with Crippen molar-refractivity contribution < 1.29 is 4.42 Å². The van der Waals surface area contributed by atoms with Gasteiger partial charge < -0.3 is 9.73 Å². The average Bonchev–Trinajstić information content (AvgIpc) is 2.71. The molecule has 2 nitrogen and oxygen atoms in total. The minimum Gasteiger partial charge on any atom is -0.444 e. The van der Waals surface area contributed by atoms with Gasteiger partial charge in [0, 0.05) is 23.5 Å². The van der Waals surface area contributed by atoms with Gasteiger partial charge >= 0.3 is 0 Å². The van der Waals surface area contributed by atoms with Gasteiger partial charge in [-0.05, 0) is 42.3 Å². The van der Waals surface area contributed by atoms with Gasteiger partial charge in [-0.3, -0.25) is 0 Å². The van der Waals surface area contributed by atoms with Gasteiger partial charge in [-0.15, -0.1) is 0 Å². The van der Waals surface area contributed by atoms with Crippen molar-refractivity contribution in [3.05, 3.63) is 35.0 Å². The number of fused-ring (bicyclic) bond motifs is 1. The van der Waals surface area contributed by atoms with Crippen molar-refractivity contribution in [3.63, 3.8) is 0 Å². The lowest BCUT2D eigenvalue weighted by molar-refractivity contribution is 0.198. The Kier molecular flexibility index (Phi) is 3.78. The van der Waals surface area contributed by atoms with Crippen LogP contribution >= 0.6 is 11.6 Å². The van der Waals surface area contributed by atoms with Crippen LogP contribution in [0, 0.1) is 5.41 Å². The minimum absolute atomic E-state index is 0.457.